The third-order valence-electron chi connectivity index (χ3n) is 1.81. The summed E-state index contributed by atoms with van der Waals surface area (Å²) in [5.41, 5.74) is 0.119. The van der Waals surface area contributed by atoms with Crippen LogP contribution in [-0.4, -0.2) is 0 Å². The van der Waals surface area contributed by atoms with Gasteiger partial charge in [0.25, 0.3) is 0 Å². The second-order valence-corrected chi connectivity index (χ2v) is 3.84. The van der Waals surface area contributed by atoms with Crippen molar-refractivity contribution in [2.75, 3.05) is 0 Å². The Morgan fingerprint density at radius 1 is 1.20 bits per heavy atom. The molecule has 0 aromatic carbocycles. The first-order valence-corrected chi connectivity index (χ1v) is 3.54. The molecule has 0 saturated heterocycles. The van der Waals surface area contributed by atoms with Crippen molar-refractivity contribution >= 4 is 0 Å². The van der Waals surface area contributed by atoms with Crippen molar-refractivity contribution in [3.63, 3.8) is 0 Å². The van der Waals surface area contributed by atoms with E-state index >= 15 is 0 Å². The van der Waals surface area contributed by atoms with E-state index in [9.17, 15) is 0 Å². The summed E-state index contributed by atoms with van der Waals surface area (Å²) >= 11 is 0. The van der Waals surface area contributed by atoms with Crippen LogP contribution in [0, 0.1) is 31.1 Å². The zero-order chi connectivity index (χ0) is 7.65. The molecule has 59 valence electrons. The molecule has 0 aromatic rings. The van der Waals surface area contributed by atoms with E-state index in [1.54, 1.807) is 0 Å². The molecule has 0 aliphatic carbocycles. The molecule has 0 aromatic heterocycles. The maximum absolute atomic E-state index is 4.05. The first-order valence-electron chi connectivity index (χ1n) is 3.54. The molecule has 0 rings (SSSR count). The molecule has 0 spiro atoms. The average Bonchev–Trinajstić information content (AvgIpc) is 1.62. The summed E-state index contributed by atoms with van der Waals surface area (Å²) in [5.74, 6) is 1.09. The molecular weight excluding hydrogens is 197 g/mol. The average molecular weight is 215 g/mol. The first kappa shape index (κ1) is 13.7. The zero-order valence-electron chi connectivity index (χ0n) is 7.65. The Morgan fingerprint density at radius 3 is 1.50 bits per heavy atom. The van der Waals surface area contributed by atoms with Crippen molar-refractivity contribution in [1.82, 2.24) is 0 Å². The van der Waals surface area contributed by atoms with E-state index < -0.39 is 0 Å². The fourth-order valence-corrected chi connectivity index (χ4v) is 0.902. The molecule has 0 bridgehead atoms. The van der Waals surface area contributed by atoms with E-state index in [0.717, 1.165) is 0 Å². The van der Waals surface area contributed by atoms with Crippen LogP contribution in [0.2, 0.25) is 0 Å². The molecule has 0 fully saturated rings. The smallest absolute Gasteiger partial charge is 0 e. The maximum atomic E-state index is 4.05. The third kappa shape index (κ3) is 4.85. The molecule has 0 amide bonds. The SMILES string of the molecule is [CH2-]C(C(C)C)C([CH2-])(C)C.[Y]. The minimum atomic E-state index is 0. The summed E-state index contributed by atoms with van der Waals surface area (Å²) in [4.78, 5) is 0. The largest absolute Gasteiger partial charge is 0.342 e. The molecule has 1 radical (unpaired) electrons. The molecule has 1 heteroatoms. The molecule has 0 nitrogen and oxygen atoms in total. The second kappa shape index (κ2) is 4.88. The van der Waals surface area contributed by atoms with E-state index in [1.165, 1.54) is 0 Å². The Hall–Kier alpha value is 1.10. The predicted octanol–water partition coefficient (Wildman–Crippen LogP) is 2.95. The minimum Gasteiger partial charge on any atom is -0.342 e. The van der Waals surface area contributed by atoms with Gasteiger partial charge in [0, 0.05) is 32.7 Å². The van der Waals surface area contributed by atoms with Crippen molar-refractivity contribution in [3.8, 4) is 0 Å². The van der Waals surface area contributed by atoms with Gasteiger partial charge in [-0.3, -0.25) is 0 Å². The van der Waals surface area contributed by atoms with Gasteiger partial charge >= 0.3 is 0 Å². The van der Waals surface area contributed by atoms with Gasteiger partial charge in [-0.2, -0.15) is 11.3 Å². The van der Waals surface area contributed by atoms with Crippen LogP contribution in [0.15, 0.2) is 0 Å². The summed E-state index contributed by atoms with van der Waals surface area (Å²) in [6.45, 7) is 16.7. The molecular formula is C9H18Y-2. The minimum absolute atomic E-state index is 0. The van der Waals surface area contributed by atoms with Crippen molar-refractivity contribution in [1.29, 1.82) is 0 Å². The normalized spacial score (nSPS) is 14.7. The monoisotopic (exact) mass is 215 g/mol. The van der Waals surface area contributed by atoms with E-state index in [0.29, 0.717) is 11.8 Å². The summed E-state index contributed by atoms with van der Waals surface area (Å²) in [7, 11) is 0. The zero-order valence-corrected chi connectivity index (χ0v) is 10.5. The Labute approximate surface area is 91.0 Å². The molecule has 0 aliphatic rings. The van der Waals surface area contributed by atoms with Crippen LogP contribution in [0.1, 0.15) is 27.7 Å². The van der Waals surface area contributed by atoms with Gasteiger partial charge in [-0.05, 0) is 0 Å². The predicted molar refractivity (Wildman–Crippen MR) is 42.8 cm³/mol. The van der Waals surface area contributed by atoms with Crippen LogP contribution in [0.5, 0.6) is 0 Å². The number of hydrogen-bond donors (Lipinski definition) is 0. The summed E-state index contributed by atoms with van der Waals surface area (Å²) < 4.78 is 0. The van der Waals surface area contributed by atoms with Gasteiger partial charge in [0.15, 0.2) is 0 Å². The summed E-state index contributed by atoms with van der Waals surface area (Å²) in [6.07, 6.45) is 0. The first-order chi connectivity index (χ1) is 3.85. The van der Waals surface area contributed by atoms with Gasteiger partial charge in [-0.15, -0.1) is 0 Å². The van der Waals surface area contributed by atoms with Crippen molar-refractivity contribution in [2.24, 2.45) is 17.3 Å². The number of rotatable bonds is 2. The summed E-state index contributed by atoms with van der Waals surface area (Å²) in [5, 5.41) is 0. The van der Waals surface area contributed by atoms with E-state index in [4.69, 9.17) is 0 Å². The van der Waals surface area contributed by atoms with E-state index in [1.807, 2.05) is 0 Å². The van der Waals surface area contributed by atoms with Gasteiger partial charge in [0.05, 0.1) is 0 Å². The number of hydrogen-bond acceptors (Lipinski definition) is 0. The molecule has 0 N–H and O–H groups in total. The quantitative estimate of drug-likeness (QED) is 0.621. The van der Waals surface area contributed by atoms with E-state index in [2.05, 4.69) is 41.5 Å². The van der Waals surface area contributed by atoms with Crippen molar-refractivity contribution in [2.45, 2.75) is 27.7 Å². The maximum Gasteiger partial charge on any atom is 0 e. The fourth-order valence-electron chi connectivity index (χ4n) is 0.902. The Kier molecular flexibility index (Phi) is 6.67. The fraction of sp³-hybridized carbons (Fsp3) is 0.778. The second-order valence-electron chi connectivity index (χ2n) is 3.84. The van der Waals surface area contributed by atoms with Gasteiger partial charge in [0.2, 0.25) is 0 Å². The van der Waals surface area contributed by atoms with Crippen LogP contribution in [0.25, 0.3) is 0 Å². The Morgan fingerprint density at radius 2 is 1.50 bits per heavy atom. The van der Waals surface area contributed by atoms with Crippen LogP contribution in [0.4, 0.5) is 0 Å². The molecule has 1 atom stereocenters. The Balaban J connectivity index is 0. The molecule has 0 aliphatic heterocycles. The van der Waals surface area contributed by atoms with Gasteiger partial charge in [-0.1, -0.05) is 33.6 Å². The third-order valence-corrected chi connectivity index (χ3v) is 1.81. The van der Waals surface area contributed by atoms with Crippen LogP contribution < -0.4 is 0 Å². The Bertz CT molecular complexity index is 79.2. The van der Waals surface area contributed by atoms with Crippen LogP contribution in [-0.2, 0) is 32.7 Å². The van der Waals surface area contributed by atoms with Crippen molar-refractivity contribution < 1.29 is 32.7 Å². The van der Waals surface area contributed by atoms with Crippen molar-refractivity contribution in [3.05, 3.63) is 13.8 Å². The van der Waals surface area contributed by atoms with Gasteiger partial charge < -0.3 is 13.8 Å². The molecule has 0 saturated carbocycles. The van der Waals surface area contributed by atoms with Crippen LogP contribution in [0.3, 0.4) is 0 Å². The van der Waals surface area contributed by atoms with E-state index in [-0.39, 0.29) is 38.1 Å². The topological polar surface area (TPSA) is 0 Å². The molecule has 10 heavy (non-hydrogen) atoms. The van der Waals surface area contributed by atoms with Crippen LogP contribution >= 0.6 is 0 Å². The molecule has 0 heterocycles. The standard InChI is InChI=1S/C9H18.Y/c1-7(2)8(3)9(4,5)6;/h7-8H,3-4H2,1-2,5-6H3;/q-2;. The summed E-state index contributed by atoms with van der Waals surface area (Å²) in [6, 6.07) is 0. The van der Waals surface area contributed by atoms with Gasteiger partial charge in [0.1, 0.15) is 0 Å². The molecule has 1 unspecified atom stereocenters. The van der Waals surface area contributed by atoms with Gasteiger partial charge in [-0.25, -0.2) is 0 Å².